The highest BCUT2D eigenvalue weighted by atomic mass is 35.5. The molecule has 0 atom stereocenters. The van der Waals surface area contributed by atoms with Crippen molar-refractivity contribution in [2.24, 2.45) is 5.10 Å². The number of carbonyl (C=O) groups is 3. The van der Waals surface area contributed by atoms with Crippen LogP contribution in [0.2, 0.25) is 10.0 Å². The van der Waals surface area contributed by atoms with Crippen LogP contribution in [0, 0.1) is 0 Å². The van der Waals surface area contributed by atoms with Gasteiger partial charge in [-0.15, -0.1) is 0 Å². The Bertz CT molecular complexity index is 1820. The highest BCUT2D eigenvalue weighted by Gasteiger charge is 2.15. The molecule has 0 aliphatic heterocycles. The Balaban J connectivity index is 1.30. The standard InChI is InChI=1S/C33H22Cl2N2O6/c34-25-13-8-22(9-14-25)32(39)42-27-17-12-24(30(18-27)43-33(40)23-10-15-26(35)16-11-23)19-36-37-31(38)20-41-29-7-3-5-21-4-1-2-6-28(21)29/h1-19H,20H2,(H,37,38)/b36-19+. The van der Waals surface area contributed by atoms with Crippen molar-refractivity contribution in [1.82, 2.24) is 5.43 Å². The van der Waals surface area contributed by atoms with Gasteiger partial charge in [-0.3, -0.25) is 4.79 Å². The lowest BCUT2D eigenvalue weighted by Crippen LogP contribution is -2.24. The summed E-state index contributed by atoms with van der Waals surface area (Å²) in [5.41, 5.74) is 3.24. The van der Waals surface area contributed by atoms with E-state index in [-0.39, 0.29) is 29.2 Å². The molecule has 8 nitrogen and oxygen atoms in total. The van der Waals surface area contributed by atoms with Crippen molar-refractivity contribution in [3.8, 4) is 17.2 Å². The smallest absolute Gasteiger partial charge is 0.343 e. The fraction of sp³-hybridized carbons (Fsp3) is 0.0303. The molecule has 0 aromatic heterocycles. The first kappa shape index (κ1) is 29.3. The van der Waals surface area contributed by atoms with E-state index >= 15 is 0 Å². The summed E-state index contributed by atoms with van der Waals surface area (Å²) >= 11 is 11.8. The number of fused-ring (bicyclic) bond motifs is 1. The monoisotopic (exact) mass is 612 g/mol. The van der Waals surface area contributed by atoms with Crippen molar-refractivity contribution in [3.05, 3.63) is 136 Å². The van der Waals surface area contributed by atoms with Gasteiger partial charge in [-0.25, -0.2) is 15.0 Å². The minimum atomic E-state index is -0.681. The second kappa shape index (κ2) is 13.7. The van der Waals surface area contributed by atoms with Crippen molar-refractivity contribution in [2.45, 2.75) is 0 Å². The number of halogens is 2. The molecule has 0 spiro atoms. The predicted molar refractivity (Wildman–Crippen MR) is 164 cm³/mol. The number of hydrazone groups is 1. The van der Waals surface area contributed by atoms with Crippen LogP contribution in [0.3, 0.4) is 0 Å². The van der Waals surface area contributed by atoms with E-state index in [2.05, 4.69) is 10.5 Å². The van der Waals surface area contributed by atoms with Crippen LogP contribution in [0.4, 0.5) is 0 Å². The lowest BCUT2D eigenvalue weighted by atomic mass is 10.1. The first-order valence-corrected chi connectivity index (χ1v) is 13.6. The molecule has 0 unspecified atom stereocenters. The van der Waals surface area contributed by atoms with Gasteiger partial charge < -0.3 is 14.2 Å². The van der Waals surface area contributed by atoms with E-state index in [1.165, 1.54) is 48.7 Å². The summed E-state index contributed by atoms with van der Waals surface area (Å²) in [7, 11) is 0. The lowest BCUT2D eigenvalue weighted by molar-refractivity contribution is -0.123. The molecule has 0 aliphatic rings. The number of carbonyl (C=O) groups excluding carboxylic acids is 3. The van der Waals surface area contributed by atoms with Gasteiger partial charge in [0.05, 0.1) is 17.3 Å². The van der Waals surface area contributed by atoms with Crippen LogP contribution >= 0.6 is 23.2 Å². The molecule has 0 heterocycles. The molecule has 1 amide bonds. The summed E-state index contributed by atoms with van der Waals surface area (Å²) in [5.74, 6) is -1.10. The molecular formula is C33H22Cl2N2O6. The van der Waals surface area contributed by atoms with E-state index in [4.69, 9.17) is 37.4 Å². The molecule has 5 aromatic rings. The third kappa shape index (κ3) is 7.77. The third-order valence-electron chi connectivity index (χ3n) is 6.06. The van der Waals surface area contributed by atoms with Crippen molar-refractivity contribution in [1.29, 1.82) is 0 Å². The minimum Gasteiger partial charge on any atom is -0.483 e. The fourth-order valence-electron chi connectivity index (χ4n) is 3.94. The van der Waals surface area contributed by atoms with E-state index in [1.54, 1.807) is 30.3 Å². The number of ether oxygens (including phenoxy) is 3. The predicted octanol–water partition coefficient (Wildman–Crippen LogP) is 7.11. The van der Waals surface area contributed by atoms with Crippen molar-refractivity contribution < 1.29 is 28.6 Å². The first-order valence-electron chi connectivity index (χ1n) is 12.9. The zero-order valence-electron chi connectivity index (χ0n) is 22.3. The Labute approximate surface area is 256 Å². The zero-order valence-corrected chi connectivity index (χ0v) is 23.8. The Kier molecular flexibility index (Phi) is 9.31. The van der Waals surface area contributed by atoms with Gasteiger partial charge in [0.15, 0.2) is 6.61 Å². The molecule has 5 rings (SSSR count). The number of hydrogen-bond acceptors (Lipinski definition) is 7. The van der Waals surface area contributed by atoms with E-state index in [0.717, 1.165) is 10.8 Å². The molecule has 10 heteroatoms. The molecule has 1 N–H and O–H groups in total. The number of benzene rings is 5. The van der Waals surface area contributed by atoms with E-state index in [0.29, 0.717) is 21.4 Å². The Morgan fingerprint density at radius 2 is 1.33 bits per heavy atom. The average molecular weight is 613 g/mol. The maximum absolute atomic E-state index is 12.8. The van der Waals surface area contributed by atoms with Gasteiger partial charge in [-0.2, -0.15) is 5.10 Å². The Morgan fingerprint density at radius 3 is 2.02 bits per heavy atom. The summed E-state index contributed by atoms with van der Waals surface area (Å²) in [5, 5.41) is 6.78. The number of rotatable bonds is 9. The van der Waals surface area contributed by atoms with Gasteiger partial charge in [0, 0.05) is 27.1 Å². The SMILES string of the molecule is O=C(COc1cccc2ccccc12)N/N=C/c1ccc(OC(=O)c2ccc(Cl)cc2)cc1OC(=O)c1ccc(Cl)cc1. The average Bonchev–Trinajstić information content (AvgIpc) is 3.01. The van der Waals surface area contributed by atoms with Crippen LogP contribution in [-0.2, 0) is 4.79 Å². The van der Waals surface area contributed by atoms with Gasteiger partial charge in [-0.05, 0) is 72.1 Å². The number of amides is 1. The van der Waals surface area contributed by atoms with Crippen molar-refractivity contribution in [2.75, 3.05) is 6.61 Å². The fourth-order valence-corrected chi connectivity index (χ4v) is 4.19. The summed E-state index contributed by atoms with van der Waals surface area (Å²) in [6.07, 6.45) is 1.30. The van der Waals surface area contributed by atoms with Crippen LogP contribution in [-0.4, -0.2) is 30.7 Å². The molecule has 0 saturated heterocycles. The quantitative estimate of drug-likeness (QED) is 0.0823. The minimum absolute atomic E-state index is 0.0337. The van der Waals surface area contributed by atoms with Gasteiger partial charge in [0.1, 0.15) is 17.2 Å². The second-order valence-corrected chi connectivity index (χ2v) is 9.92. The summed E-state index contributed by atoms with van der Waals surface area (Å²) in [4.78, 5) is 37.9. The largest absolute Gasteiger partial charge is 0.483 e. The molecule has 0 saturated carbocycles. The normalized spacial score (nSPS) is 10.8. The molecule has 0 bridgehead atoms. The topological polar surface area (TPSA) is 103 Å². The number of nitrogens with one attached hydrogen (secondary N) is 1. The highest BCUT2D eigenvalue weighted by molar-refractivity contribution is 6.31. The van der Waals surface area contributed by atoms with Gasteiger partial charge in [0.25, 0.3) is 5.91 Å². The van der Waals surface area contributed by atoms with Crippen LogP contribution < -0.4 is 19.6 Å². The van der Waals surface area contributed by atoms with Crippen LogP contribution in [0.25, 0.3) is 10.8 Å². The zero-order chi connectivity index (χ0) is 30.2. The summed E-state index contributed by atoms with van der Waals surface area (Å²) in [6.45, 7) is -0.274. The molecule has 0 radical (unpaired) electrons. The summed E-state index contributed by atoms with van der Waals surface area (Å²) in [6, 6.07) is 30.0. The highest BCUT2D eigenvalue weighted by Crippen LogP contribution is 2.27. The summed E-state index contributed by atoms with van der Waals surface area (Å²) < 4.78 is 16.8. The molecule has 43 heavy (non-hydrogen) atoms. The van der Waals surface area contributed by atoms with Crippen LogP contribution in [0.15, 0.2) is 114 Å². The van der Waals surface area contributed by atoms with Crippen LogP contribution in [0.5, 0.6) is 17.2 Å². The van der Waals surface area contributed by atoms with E-state index < -0.39 is 17.8 Å². The van der Waals surface area contributed by atoms with E-state index in [1.807, 2.05) is 36.4 Å². The number of esters is 2. The third-order valence-corrected chi connectivity index (χ3v) is 6.56. The molecule has 5 aromatic carbocycles. The number of nitrogens with zero attached hydrogens (tertiary/aromatic N) is 1. The maximum Gasteiger partial charge on any atom is 0.343 e. The van der Waals surface area contributed by atoms with Crippen molar-refractivity contribution >= 4 is 58.0 Å². The Hall–Kier alpha value is -5.18. The second-order valence-electron chi connectivity index (χ2n) is 9.05. The molecule has 0 fully saturated rings. The van der Waals surface area contributed by atoms with Gasteiger partial charge in [0.2, 0.25) is 0 Å². The molecular weight excluding hydrogens is 591 g/mol. The molecule has 0 aliphatic carbocycles. The Morgan fingerprint density at radius 1 is 0.698 bits per heavy atom. The first-order chi connectivity index (χ1) is 20.9. The van der Waals surface area contributed by atoms with Crippen molar-refractivity contribution in [3.63, 3.8) is 0 Å². The van der Waals surface area contributed by atoms with Gasteiger partial charge >= 0.3 is 11.9 Å². The number of hydrogen-bond donors (Lipinski definition) is 1. The van der Waals surface area contributed by atoms with Gasteiger partial charge in [-0.1, -0.05) is 59.6 Å². The van der Waals surface area contributed by atoms with E-state index in [9.17, 15) is 14.4 Å². The molecule has 214 valence electrons. The van der Waals surface area contributed by atoms with Crippen LogP contribution in [0.1, 0.15) is 26.3 Å². The lowest BCUT2D eigenvalue weighted by Gasteiger charge is -2.11. The maximum atomic E-state index is 12.8.